The Morgan fingerprint density at radius 2 is 2.00 bits per heavy atom. The number of aryl methyl sites for hydroxylation is 1. The summed E-state index contributed by atoms with van der Waals surface area (Å²) in [5.41, 5.74) is 4.37. The Kier molecular flexibility index (Phi) is 5.14. The summed E-state index contributed by atoms with van der Waals surface area (Å²) in [6.07, 6.45) is 3.73. The van der Waals surface area contributed by atoms with E-state index in [0.29, 0.717) is 5.69 Å². The number of imidazole rings is 1. The molecule has 1 unspecified atom stereocenters. The van der Waals surface area contributed by atoms with Crippen molar-refractivity contribution in [3.8, 4) is 5.69 Å². The third-order valence-corrected chi connectivity index (χ3v) is 5.17. The second-order valence-electron chi connectivity index (χ2n) is 6.52. The molecule has 0 bridgehead atoms. The molecule has 2 heterocycles. The van der Waals surface area contributed by atoms with Crippen LogP contribution in [0.2, 0.25) is 0 Å². The van der Waals surface area contributed by atoms with E-state index in [1.807, 2.05) is 42.8 Å². The highest BCUT2D eigenvalue weighted by molar-refractivity contribution is 7.00. The number of hydrogen-bond donors (Lipinski definition) is 2. The molecule has 0 aliphatic heterocycles. The van der Waals surface area contributed by atoms with Crippen molar-refractivity contribution in [3.05, 3.63) is 66.2 Å². The van der Waals surface area contributed by atoms with Gasteiger partial charge in [-0.05, 0) is 43.7 Å². The molecule has 0 saturated carbocycles. The molecule has 0 aliphatic rings. The van der Waals surface area contributed by atoms with E-state index < -0.39 is 0 Å². The first-order chi connectivity index (χ1) is 13.6. The zero-order valence-electron chi connectivity index (χ0n) is 15.6. The maximum atomic E-state index is 12.3. The van der Waals surface area contributed by atoms with E-state index in [1.54, 1.807) is 6.20 Å². The molecule has 0 saturated heterocycles. The normalized spacial score (nSPS) is 12.2. The van der Waals surface area contributed by atoms with Gasteiger partial charge in [-0.25, -0.2) is 4.98 Å². The Morgan fingerprint density at radius 3 is 2.75 bits per heavy atom. The lowest BCUT2D eigenvalue weighted by atomic mass is 10.1. The summed E-state index contributed by atoms with van der Waals surface area (Å²) < 4.78 is 10.5. The summed E-state index contributed by atoms with van der Waals surface area (Å²) >= 11 is 1.14. The van der Waals surface area contributed by atoms with Crippen LogP contribution in [0.3, 0.4) is 0 Å². The zero-order chi connectivity index (χ0) is 19.5. The van der Waals surface area contributed by atoms with Crippen molar-refractivity contribution in [2.75, 3.05) is 11.9 Å². The second-order valence-corrected chi connectivity index (χ2v) is 7.05. The predicted molar refractivity (Wildman–Crippen MR) is 111 cm³/mol. The third-order valence-electron chi connectivity index (χ3n) is 4.63. The Hall–Kier alpha value is -3.10. The third kappa shape index (κ3) is 3.78. The van der Waals surface area contributed by atoms with Gasteiger partial charge in [-0.2, -0.15) is 8.75 Å². The topological polar surface area (TPSA) is 84.7 Å². The average Bonchev–Trinajstić information content (AvgIpc) is 3.35. The monoisotopic (exact) mass is 392 g/mol. The first-order valence-corrected chi connectivity index (χ1v) is 9.69. The Labute approximate surface area is 166 Å². The van der Waals surface area contributed by atoms with Gasteiger partial charge in [0, 0.05) is 24.1 Å². The quantitative estimate of drug-likeness (QED) is 0.525. The summed E-state index contributed by atoms with van der Waals surface area (Å²) in [5, 5.41) is 6.17. The molecular weight excluding hydrogens is 372 g/mol. The number of carbonyl (C=O) groups is 1. The number of fused-ring (bicyclic) bond motifs is 1. The van der Waals surface area contributed by atoms with Crippen LogP contribution in [-0.2, 0) is 4.79 Å². The molecule has 8 heteroatoms. The fourth-order valence-corrected chi connectivity index (χ4v) is 3.59. The minimum atomic E-state index is -0.113. The summed E-state index contributed by atoms with van der Waals surface area (Å²) in [6, 6.07) is 13.8. The van der Waals surface area contributed by atoms with E-state index in [1.165, 1.54) is 0 Å². The van der Waals surface area contributed by atoms with Gasteiger partial charge in [0.2, 0.25) is 5.91 Å². The lowest BCUT2D eigenvalue weighted by molar-refractivity contribution is -0.115. The number of nitrogens with one attached hydrogen (secondary N) is 2. The van der Waals surface area contributed by atoms with Crippen LogP contribution >= 0.6 is 11.7 Å². The Balaban J connectivity index is 1.36. The lowest BCUT2D eigenvalue weighted by Gasteiger charge is -2.15. The minimum absolute atomic E-state index is 0.0421. The van der Waals surface area contributed by atoms with E-state index in [-0.39, 0.29) is 18.5 Å². The summed E-state index contributed by atoms with van der Waals surface area (Å²) in [7, 11) is 0. The van der Waals surface area contributed by atoms with Crippen molar-refractivity contribution in [1.82, 2.24) is 23.6 Å². The molecule has 0 fully saturated rings. The van der Waals surface area contributed by atoms with Gasteiger partial charge in [-0.1, -0.05) is 18.2 Å². The van der Waals surface area contributed by atoms with Gasteiger partial charge in [0.05, 0.1) is 24.0 Å². The van der Waals surface area contributed by atoms with Crippen LogP contribution in [0.25, 0.3) is 16.7 Å². The smallest absolute Gasteiger partial charge is 0.238 e. The van der Waals surface area contributed by atoms with Crippen LogP contribution in [0.15, 0.2) is 54.9 Å². The highest BCUT2D eigenvalue weighted by atomic mass is 32.1. The number of aromatic nitrogens is 4. The molecule has 2 aromatic heterocycles. The summed E-state index contributed by atoms with van der Waals surface area (Å²) in [4.78, 5) is 16.6. The largest absolute Gasteiger partial charge is 0.323 e. The van der Waals surface area contributed by atoms with Gasteiger partial charge in [-0.15, -0.1) is 0 Å². The standard InChI is InChI=1S/C20H20N6OS/c1-13(15-6-8-16(9-7-15)26-11-10-21-14(26)2)22-12-19(27)23-17-4-3-5-18-20(17)25-28-24-18/h3-11,13,22H,12H2,1-2H3,(H,23,27). The Morgan fingerprint density at radius 1 is 1.18 bits per heavy atom. The van der Waals surface area contributed by atoms with Crippen molar-refractivity contribution >= 4 is 34.4 Å². The number of anilines is 1. The predicted octanol–water partition coefficient (Wildman–Crippen LogP) is 3.47. The van der Waals surface area contributed by atoms with Crippen LogP contribution in [0, 0.1) is 6.92 Å². The number of hydrogen-bond acceptors (Lipinski definition) is 6. The van der Waals surface area contributed by atoms with E-state index in [4.69, 9.17) is 0 Å². The van der Waals surface area contributed by atoms with Gasteiger partial charge in [0.15, 0.2) is 0 Å². The van der Waals surface area contributed by atoms with Crippen LogP contribution < -0.4 is 10.6 Å². The van der Waals surface area contributed by atoms with Crippen molar-refractivity contribution < 1.29 is 4.79 Å². The second kappa shape index (κ2) is 7.87. The fourth-order valence-electron chi connectivity index (χ4n) is 3.04. The van der Waals surface area contributed by atoms with Crippen LogP contribution in [0.5, 0.6) is 0 Å². The number of amides is 1. The highest BCUT2D eigenvalue weighted by Gasteiger charge is 2.11. The van der Waals surface area contributed by atoms with Crippen LogP contribution in [0.1, 0.15) is 24.4 Å². The van der Waals surface area contributed by atoms with Crippen molar-refractivity contribution in [2.24, 2.45) is 0 Å². The summed E-state index contributed by atoms with van der Waals surface area (Å²) in [6.45, 7) is 4.21. The molecule has 4 rings (SSSR count). The SMILES string of the molecule is Cc1nccn1-c1ccc(C(C)NCC(=O)Nc2cccc3nsnc23)cc1. The average molecular weight is 392 g/mol. The molecule has 7 nitrogen and oxygen atoms in total. The molecule has 0 aliphatic carbocycles. The Bertz CT molecular complexity index is 1100. The number of carbonyl (C=O) groups excluding carboxylic acids is 1. The van der Waals surface area contributed by atoms with E-state index in [9.17, 15) is 4.79 Å². The van der Waals surface area contributed by atoms with Gasteiger partial charge in [-0.3, -0.25) is 4.79 Å². The van der Waals surface area contributed by atoms with E-state index in [0.717, 1.165) is 39.8 Å². The van der Waals surface area contributed by atoms with Crippen LogP contribution in [-0.4, -0.2) is 30.8 Å². The molecule has 1 atom stereocenters. The molecule has 1 amide bonds. The maximum absolute atomic E-state index is 12.3. The minimum Gasteiger partial charge on any atom is -0.323 e. The summed E-state index contributed by atoms with van der Waals surface area (Å²) in [5.74, 6) is 0.832. The number of benzene rings is 2. The number of nitrogens with zero attached hydrogens (tertiary/aromatic N) is 4. The highest BCUT2D eigenvalue weighted by Crippen LogP contribution is 2.21. The van der Waals surface area contributed by atoms with Gasteiger partial charge >= 0.3 is 0 Å². The molecule has 2 aromatic carbocycles. The van der Waals surface area contributed by atoms with Crippen molar-refractivity contribution in [1.29, 1.82) is 0 Å². The fraction of sp³-hybridized carbons (Fsp3) is 0.200. The maximum Gasteiger partial charge on any atom is 0.238 e. The molecule has 0 radical (unpaired) electrons. The van der Waals surface area contributed by atoms with E-state index >= 15 is 0 Å². The molecular formula is C20H20N6OS. The van der Waals surface area contributed by atoms with Crippen molar-refractivity contribution in [3.63, 3.8) is 0 Å². The van der Waals surface area contributed by atoms with Crippen LogP contribution in [0.4, 0.5) is 5.69 Å². The van der Waals surface area contributed by atoms with Gasteiger partial charge in [0.25, 0.3) is 0 Å². The lowest BCUT2D eigenvalue weighted by Crippen LogP contribution is -2.30. The van der Waals surface area contributed by atoms with E-state index in [2.05, 4.69) is 48.6 Å². The zero-order valence-corrected chi connectivity index (χ0v) is 16.4. The van der Waals surface area contributed by atoms with Gasteiger partial charge < -0.3 is 15.2 Å². The molecule has 142 valence electrons. The van der Waals surface area contributed by atoms with Crippen molar-refractivity contribution in [2.45, 2.75) is 19.9 Å². The van der Waals surface area contributed by atoms with Gasteiger partial charge in [0.1, 0.15) is 16.9 Å². The number of rotatable bonds is 6. The first-order valence-electron chi connectivity index (χ1n) is 8.96. The molecule has 2 N–H and O–H groups in total. The molecule has 28 heavy (non-hydrogen) atoms. The molecule has 0 spiro atoms. The molecule has 4 aromatic rings. The first kappa shape index (κ1) is 18.3.